The van der Waals surface area contributed by atoms with E-state index in [-0.39, 0.29) is 22.2 Å². The van der Waals surface area contributed by atoms with Gasteiger partial charge in [-0.05, 0) is 12.0 Å². The smallest absolute Gasteiger partial charge is 0.358 e. The third-order valence-corrected chi connectivity index (χ3v) is 6.62. The number of nitrogens with one attached hydrogen (secondary N) is 1. The van der Waals surface area contributed by atoms with E-state index in [2.05, 4.69) is 20.2 Å². The SMILES string of the molecule is CC/C=C\C1=C(C(=O)OCOC(C)=O)N2C(=O)[C@@H](NC(=O)/C(=N\OC)c3csc(N)n3)[C@@H]2SC1. The topological polar surface area (TPSA) is 163 Å². The first-order valence-corrected chi connectivity index (χ1v) is 12.0. The number of aromatic nitrogens is 1. The minimum absolute atomic E-state index is 0.0501. The maximum absolute atomic E-state index is 13.0. The van der Waals surface area contributed by atoms with Crippen LogP contribution in [0.1, 0.15) is 26.0 Å². The molecule has 0 unspecified atom stereocenters. The molecule has 14 heteroatoms. The van der Waals surface area contributed by atoms with E-state index in [1.807, 2.05) is 13.0 Å². The lowest BCUT2D eigenvalue weighted by atomic mass is 10.0. The standard InChI is InChI=1S/C20H23N5O7S2/c1-4-5-6-11-7-33-18-14(17(28)25(18)15(11)19(29)32-9-31-10(2)26)23-16(27)13(24-30-3)12-8-34-20(21)22-12/h5-6,8,14,18H,4,7,9H2,1-3H3,(H2,21,22)(H,23,27)/b6-5-,24-13-/t14-,18+/m1/s1. The molecule has 3 N–H and O–H groups in total. The molecule has 182 valence electrons. The van der Waals surface area contributed by atoms with Crippen molar-refractivity contribution in [3.05, 3.63) is 34.5 Å². The third kappa shape index (κ3) is 5.39. The zero-order chi connectivity index (χ0) is 24.8. The quantitative estimate of drug-likeness (QED) is 0.160. The van der Waals surface area contributed by atoms with E-state index in [0.717, 1.165) is 17.8 Å². The van der Waals surface area contributed by atoms with Gasteiger partial charge in [0.2, 0.25) is 6.79 Å². The Kier molecular flexibility index (Phi) is 8.28. The maximum Gasteiger partial charge on any atom is 0.358 e. The van der Waals surface area contributed by atoms with Gasteiger partial charge in [-0.25, -0.2) is 9.78 Å². The highest BCUT2D eigenvalue weighted by Gasteiger charge is 2.54. The number of nitrogens with two attached hydrogens (primary N) is 1. The Morgan fingerprint density at radius 2 is 2.15 bits per heavy atom. The average molecular weight is 510 g/mol. The van der Waals surface area contributed by atoms with Crippen LogP contribution >= 0.6 is 23.1 Å². The summed E-state index contributed by atoms with van der Waals surface area (Å²) in [6, 6.07) is -0.913. The molecule has 1 aromatic rings. The molecule has 34 heavy (non-hydrogen) atoms. The van der Waals surface area contributed by atoms with Gasteiger partial charge >= 0.3 is 11.9 Å². The first-order chi connectivity index (χ1) is 16.3. The molecule has 2 aliphatic rings. The lowest BCUT2D eigenvalue weighted by Gasteiger charge is -2.49. The molecule has 1 aromatic heterocycles. The lowest BCUT2D eigenvalue weighted by molar-refractivity contribution is -0.166. The summed E-state index contributed by atoms with van der Waals surface area (Å²) in [5.41, 5.74) is 6.36. The van der Waals surface area contributed by atoms with Gasteiger partial charge in [0, 0.05) is 18.1 Å². The van der Waals surface area contributed by atoms with Crippen LogP contribution in [0, 0.1) is 0 Å². The number of amides is 2. The van der Waals surface area contributed by atoms with E-state index < -0.39 is 42.0 Å². The van der Waals surface area contributed by atoms with E-state index in [1.165, 1.54) is 30.7 Å². The van der Waals surface area contributed by atoms with Gasteiger partial charge in [0.15, 0.2) is 10.8 Å². The second-order valence-electron chi connectivity index (χ2n) is 6.92. The van der Waals surface area contributed by atoms with Crippen LogP contribution in [-0.4, -0.2) is 70.4 Å². The number of anilines is 1. The summed E-state index contributed by atoms with van der Waals surface area (Å²) in [4.78, 5) is 59.6. The van der Waals surface area contributed by atoms with Crippen LogP contribution in [0.3, 0.4) is 0 Å². The van der Waals surface area contributed by atoms with Crippen molar-refractivity contribution in [2.24, 2.45) is 5.16 Å². The van der Waals surface area contributed by atoms with Gasteiger partial charge in [-0.1, -0.05) is 24.2 Å². The molecule has 2 amide bonds. The van der Waals surface area contributed by atoms with Gasteiger partial charge in [0.05, 0.1) is 0 Å². The van der Waals surface area contributed by atoms with Gasteiger partial charge < -0.3 is 25.4 Å². The predicted octanol–water partition coefficient (Wildman–Crippen LogP) is 0.760. The Balaban J connectivity index is 1.79. The van der Waals surface area contributed by atoms with E-state index in [0.29, 0.717) is 11.3 Å². The molecule has 0 aliphatic carbocycles. The fourth-order valence-corrected chi connectivity index (χ4v) is 5.02. The molecule has 2 aliphatic heterocycles. The van der Waals surface area contributed by atoms with Crippen LogP contribution in [-0.2, 0) is 33.5 Å². The largest absolute Gasteiger partial charge is 0.428 e. The van der Waals surface area contributed by atoms with Crippen LogP contribution in [0.25, 0.3) is 0 Å². The first-order valence-electron chi connectivity index (χ1n) is 10.1. The molecule has 0 radical (unpaired) electrons. The van der Waals surface area contributed by atoms with Gasteiger partial charge in [0.1, 0.15) is 29.9 Å². The molecule has 0 aromatic carbocycles. The molecule has 1 saturated heterocycles. The Labute approximate surface area is 203 Å². The third-order valence-electron chi connectivity index (χ3n) is 4.65. The normalized spacial score (nSPS) is 20.0. The summed E-state index contributed by atoms with van der Waals surface area (Å²) < 4.78 is 9.70. The fourth-order valence-electron chi connectivity index (χ4n) is 3.16. The summed E-state index contributed by atoms with van der Waals surface area (Å²) in [6.45, 7) is 2.54. The molecular formula is C20H23N5O7S2. The lowest BCUT2D eigenvalue weighted by Crippen LogP contribution is -2.71. The zero-order valence-electron chi connectivity index (χ0n) is 18.6. The van der Waals surface area contributed by atoms with Gasteiger partial charge in [-0.2, -0.15) is 0 Å². The number of ether oxygens (including phenoxy) is 2. The molecule has 1 fully saturated rings. The van der Waals surface area contributed by atoms with Crippen LogP contribution in [0.4, 0.5) is 5.13 Å². The van der Waals surface area contributed by atoms with Crippen LogP contribution < -0.4 is 11.1 Å². The Hall–Kier alpha value is -3.39. The average Bonchev–Trinajstić information content (AvgIpc) is 3.24. The number of allylic oxidation sites excluding steroid dienone is 2. The molecule has 3 rings (SSSR count). The number of thioether (sulfide) groups is 1. The summed E-state index contributed by atoms with van der Waals surface area (Å²) in [5.74, 6) is -2.19. The van der Waals surface area contributed by atoms with Crippen molar-refractivity contribution in [2.75, 3.05) is 25.4 Å². The molecular weight excluding hydrogens is 486 g/mol. The Bertz CT molecular complexity index is 1080. The van der Waals surface area contributed by atoms with Crippen molar-refractivity contribution >= 4 is 57.7 Å². The number of carbonyl (C=O) groups is 4. The first kappa shape index (κ1) is 25.2. The number of β-lactam (4-membered cyclic amide) rings is 1. The zero-order valence-corrected chi connectivity index (χ0v) is 20.2. The number of oxime groups is 1. The molecule has 0 saturated carbocycles. The number of thiazole rings is 1. The van der Waals surface area contributed by atoms with Crippen LogP contribution in [0.2, 0.25) is 0 Å². The number of hydrogen-bond acceptors (Lipinski definition) is 12. The second kappa shape index (κ2) is 11.2. The molecule has 2 atom stereocenters. The van der Waals surface area contributed by atoms with Gasteiger partial charge in [-0.15, -0.1) is 23.1 Å². The van der Waals surface area contributed by atoms with Crippen molar-refractivity contribution in [1.82, 2.24) is 15.2 Å². The van der Waals surface area contributed by atoms with Crippen molar-refractivity contribution < 1.29 is 33.5 Å². The van der Waals surface area contributed by atoms with E-state index in [4.69, 9.17) is 15.3 Å². The summed E-state index contributed by atoms with van der Waals surface area (Å²) in [5, 5.41) is 7.59. The Morgan fingerprint density at radius 3 is 2.76 bits per heavy atom. The second-order valence-corrected chi connectivity index (χ2v) is 8.92. The van der Waals surface area contributed by atoms with Gasteiger partial charge in [-0.3, -0.25) is 19.3 Å². The minimum atomic E-state index is -0.913. The molecule has 12 nitrogen and oxygen atoms in total. The van der Waals surface area contributed by atoms with Crippen molar-refractivity contribution in [3.63, 3.8) is 0 Å². The predicted molar refractivity (Wildman–Crippen MR) is 124 cm³/mol. The Morgan fingerprint density at radius 1 is 1.38 bits per heavy atom. The highest BCUT2D eigenvalue weighted by Crippen LogP contribution is 2.41. The maximum atomic E-state index is 13.0. The monoisotopic (exact) mass is 509 g/mol. The highest BCUT2D eigenvalue weighted by molar-refractivity contribution is 8.00. The number of nitrogen functional groups attached to an aromatic ring is 1. The number of carbonyl (C=O) groups excluding carboxylic acids is 4. The minimum Gasteiger partial charge on any atom is -0.428 e. The number of nitrogens with zero attached hydrogens (tertiary/aromatic N) is 3. The number of esters is 2. The van der Waals surface area contributed by atoms with Crippen molar-refractivity contribution in [2.45, 2.75) is 31.7 Å². The summed E-state index contributed by atoms with van der Waals surface area (Å²) in [6.07, 6.45) is 4.33. The van der Waals surface area contributed by atoms with Gasteiger partial charge in [0.25, 0.3) is 11.8 Å². The van der Waals surface area contributed by atoms with E-state index >= 15 is 0 Å². The number of hydrogen-bond donors (Lipinski definition) is 2. The number of fused-ring (bicyclic) bond motifs is 1. The van der Waals surface area contributed by atoms with Crippen molar-refractivity contribution in [1.29, 1.82) is 0 Å². The fraction of sp³-hybridized carbons (Fsp3) is 0.400. The number of rotatable bonds is 9. The summed E-state index contributed by atoms with van der Waals surface area (Å²) in [7, 11) is 1.28. The molecule has 3 heterocycles. The summed E-state index contributed by atoms with van der Waals surface area (Å²) >= 11 is 2.51. The van der Waals surface area contributed by atoms with E-state index in [9.17, 15) is 19.2 Å². The molecule has 0 spiro atoms. The van der Waals surface area contributed by atoms with Crippen LogP contribution in [0.15, 0.2) is 34.0 Å². The van der Waals surface area contributed by atoms with E-state index in [1.54, 1.807) is 11.5 Å². The van der Waals surface area contributed by atoms with Crippen molar-refractivity contribution in [3.8, 4) is 0 Å². The highest BCUT2D eigenvalue weighted by atomic mass is 32.2. The van der Waals surface area contributed by atoms with Crippen LogP contribution in [0.5, 0.6) is 0 Å². The molecule has 0 bridgehead atoms.